The second kappa shape index (κ2) is 3.68. The van der Waals surface area contributed by atoms with Crippen molar-refractivity contribution in [1.82, 2.24) is 0 Å². The van der Waals surface area contributed by atoms with E-state index in [1.165, 1.54) is 0 Å². The van der Waals surface area contributed by atoms with Crippen molar-refractivity contribution in [3.63, 3.8) is 0 Å². The number of methoxy groups -OCH3 is 1. The molecule has 15 heavy (non-hydrogen) atoms. The predicted molar refractivity (Wildman–Crippen MR) is 62.3 cm³/mol. The fraction of sp³-hybridized carbons (Fsp3) is 0.455. The van der Waals surface area contributed by atoms with Gasteiger partial charge in [0.25, 0.3) is 0 Å². The molecule has 3 N–H and O–H groups in total. The average molecular weight is 272 g/mol. The van der Waals surface area contributed by atoms with Gasteiger partial charge in [-0.1, -0.05) is 15.9 Å². The van der Waals surface area contributed by atoms with Gasteiger partial charge in [0, 0.05) is 16.4 Å². The second-order valence-electron chi connectivity index (χ2n) is 3.99. The zero-order chi connectivity index (χ0) is 11.1. The first-order valence-electron chi connectivity index (χ1n) is 4.90. The molecule has 1 aromatic rings. The SMILES string of the molecule is COc1cc(C2(CN)CC2)c(Br)cc1O. The van der Waals surface area contributed by atoms with Gasteiger partial charge in [0.15, 0.2) is 11.5 Å². The van der Waals surface area contributed by atoms with Crippen LogP contribution >= 0.6 is 15.9 Å². The summed E-state index contributed by atoms with van der Waals surface area (Å²) in [6, 6.07) is 3.54. The maximum Gasteiger partial charge on any atom is 0.160 e. The summed E-state index contributed by atoms with van der Waals surface area (Å²) >= 11 is 3.46. The number of ether oxygens (including phenoxy) is 1. The Morgan fingerprint density at radius 3 is 2.67 bits per heavy atom. The van der Waals surface area contributed by atoms with Gasteiger partial charge in [-0.3, -0.25) is 0 Å². The first-order chi connectivity index (χ1) is 7.13. The lowest BCUT2D eigenvalue weighted by Crippen LogP contribution is -2.20. The summed E-state index contributed by atoms with van der Waals surface area (Å²) in [6.07, 6.45) is 2.21. The molecule has 1 aliphatic carbocycles. The van der Waals surface area contributed by atoms with Gasteiger partial charge in [0.05, 0.1) is 7.11 Å². The highest BCUT2D eigenvalue weighted by Gasteiger charge is 2.44. The van der Waals surface area contributed by atoms with Crippen LogP contribution in [0.3, 0.4) is 0 Å². The van der Waals surface area contributed by atoms with Crippen molar-refractivity contribution in [3.05, 3.63) is 22.2 Å². The van der Waals surface area contributed by atoms with Gasteiger partial charge in [-0.25, -0.2) is 0 Å². The number of phenolic OH excluding ortho intramolecular Hbond substituents is 1. The van der Waals surface area contributed by atoms with Crippen LogP contribution in [0.25, 0.3) is 0 Å². The van der Waals surface area contributed by atoms with E-state index in [0.29, 0.717) is 12.3 Å². The lowest BCUT2D eigenvalue weighted by Gasteiger charge is -2.16. The molecule has 0 aliphatic heterocycles. The van der Waals surface area contributed by atoms with Gasteiger partial charge in [-0.15, -0.1) is 0 Å². The Balaban J connectivity index is 2.47. The molecule has 0 spiro atoms. The summed E-state index contributed by atoms with van der Waals surface area (Å²) in [5.74, 6) is 0.661. The average Bonchev–Trinajstić information content (AvgIpc) is 2.99. The summed E-state index contributed by atoms with van der Waals surface area (Å²) in [5.41, 5.74) is 7.01. The highest BCUT2D eigenvalue weighted by molar-refractivity contribution is 9.10. The molecule has 0 amide bonds. The normalized spacial score (nSPS) is 17.5. The van der Waals surface area contributed by atoms with E-state index < -0.39 is 0 Å². The van der Waals surface area contributed by atoms with Crippen LogP contribution < -0.4 is 10.5 Å². The number of rotatable bonds is 3. The van der Waals surface area contributed by atoms with E-state index in [-0.39, 0.29) is 11.2 Å². The molecule has 1 fully saturated rings. The van der Waals surface area contributed by atoms with Crippen molar-refractivity contribution in [2.75, 3.05) is 13.7 Å². The molecular weight excluding hydrogens is 258 g/mol. The number of phenols is 1. The summed E-state index contributed by atoms with van der Waals surface area (Å²) in [7, 11) is 1.55. The van der Waals surface area contributed by atoms with E-state index in [4.69, 9.17) is 10.5 Å². The summed E-state index contributed by atoms with van der Waals surface area (Å²) in [5, 5.41) is 9.59. The van der Waals surface area contributed by atoms with Crippen LogP contribution in [-0.2, 0) is 5.41 Å². The first-order valence-corrected chi connectivity index (χ1v) is 5.69. The molecule has 0 aromatic heterocycles. The molecule has 3 nitrogen and oxygen atoms in total. The number of benzene rings is 1. The number of hydrogen-bond acceptors (Lipinski definition) is 3. The molecule has 82 valence electrons. The standard InChI is InChI=1S/C11H14BrNO2/c1-15-10-4-7(8(12)5-9(10)14)11(6-13)2-3-11/h4-5,14H,2-3,6,13H2,1H3. The van der Waals surface area contributed by atoms with Gasteiger partial charge in [-0.05, 0) is 30.5 Å². The van der Waals surface area contributed by atoms with Crippen molar-refractivity contribution in [1.29, 1.82) is 0 Å². The maximum atomic E-state index is 9.59. The zero-order valence-corrected chi connectivity index (χ0v) is 10.2. The van der Waals surface area contributed by atoms with Gasteiger partial charge in [0.1, 0.15) is 0 Å². The molecule has 0 atom stereocenters. The van der Waals surface area contributed by atoms with Gasteiger partial charge in [-0.2, -0.15) is 0 Å². The third-order valence-electron chi connectivity index (χ3n) is 3.08. The van der Waals surface area contributed by atoms with Gasteiger partial charge in [0.2, 0.25) is 0 Å². The van der Waals surface area contributed by atoms with Crippen LogP contribution in [0.4, 0.5) is 0 Å². The van der Waals surface area contributed by atoms with E-state index in [1.54, 1.807) is 13.2 Å². The van der Waals surface area contributed by atoms with Crippen LogP contribution in [0.15, 0.2) is 16.6 Å². The third kappa shape index (κ3) is 1.72. The molecule has 4 heteroatoms. The molecule has 1 aromatic carbocycles. The molecule has 0 saturated heterocycles. The highest BCUT2D eigenvalue weighted by Crippen LogP contribution is 2.51. The van der Waals surface area contributed by atoms with E-state index in [1.807, 2.05) is 6.07 Å². The minimum atomic E-state index is 0.0970. The summed E-state index contributed by atoms with van der Waals surface area (Å²) in [6.45, 7) is 0.638. The molecule has 0 heterocycles. The van der Waals surface area contributed by atoms with Crippen LogP contribution in [0, 0.1) is 0 Å². The molecule has 0 bridgehead atoms. The Morgan fingerprint density at radius 2 is 2.20 bits per heavy atom. The van der Waals surface area contributed by atoms with Crippen LogP contribution in [-0.4, -0.2) is 18.8 Å². The monoisotopic (exact) mass is 271 g/mol. The van der Waals surface area contributed by atoms with Crippen molar-refractivity contribution in [3.8, 4) is 11.5 Å². The Morgan fingerprint density at radius 1 is 1.53 bits per heavy atom. The number of nitrogens with two attached hydrogens (primary N) is 1. The molecule has 1 aliphatic rings. The Kier molecular flexibility index (Phi) is 2.64. The highest BCUT2D eigenvalue weighted by atomic mass is 79.9. The first kappa shape index (κ1) is 10.8. The van der Waals surface area contributed by atoms with E-state index in [2.05, 4.69) is 15.9 Å². The quantitative estimate of drug-likeness (QED) is 0.886. The van der Waals surface area contributed by atoms with Gasteiger partial charge < -0.3 is 15.6 Å². The number of hydrogen-bond donors (Lipinski definition) is 2. The Hall–Kier alpha value is -0.740. The minimum Gasteiger partial charge on any atom is -0.504 e. The van der Waals surface area contributed by atoms with Crippen molar-refractivity contribution in [2.24, 2.45) is 5.73 Å². The van der Waals surface area contributed by atoms with E-state index >= 15 is 0 Å². The molecular formula is C11H14BrNO2. The lowest BCUT2D eigenvalue weighted by molar-refractivity contribution is 0.372. The minimum absolute atomic E-state index is 0.0970. The smallest absolute Gasteiger partial charge is 0.160 e. The fourth-order valence-electron chi connectivity index (χ4n) is 1.85. The largest absolute Gasteiger partial charge is 0.504 e. The van der Waals surface area contributed by atoms with Crippen LogP contribution in [0.5, 0.6) is 11.5 Å². The molecule has 0 radical (unpaired) electrons. The van der Waals surface area contributed by atoms with Crippen molar-refractivity contribution in [2.45, 2.75) is 18.3 Å². The van der Waals surface area contributed by atoms with Crippen molar-refractivity contribution < 1.29 is 9.84 Å². The zero-order valence-electron chi connectivity index (χ0n) is 8.59. The topological polar surface area (TPSA) is 55.5 Å². The maximum absolute atomic E-state index is 9.59. The Labute approximate surface area is 97.4 Å². The number of aromatic hydroxyl groups is 1. The molecule has 0 unspecified atom stereocenters. The lowest BCUT2D eigenvalue weighted by atomic mass is 9.96. The van der Waals surface area contributed by atoms with Crippen LogP contribution in [0.2, 0.25) is 0 Å². The van der Waals surface area contributed by atoms with E-state index in [0.717, 1.165) is 22.9 Å². The molecule has 2 rings (SSSR count). The fourth-order valence-corrected chi connectivity index (χ4v) is 2.60. The van der Waals surface area contributed by atoms with Gasteiger partial charge >= 0.3 is 0 Å². The summed E-state index contributed by atoms with van der Waals surface area (Å²) in [4.78, 5) is 0. The summed E-state index contributed by atoms with van der Waals surface area (Å²) < 4.78 is 6.00. The predicted octanol–water partition coefficient (Wildman–Crippen LogP) is 2.15. The van der Waals surface area contributed by atoms with E-state index in [9.17, 15) is 5.11 Å². The Bertz CT molecular complexity index is 388. The van der Waals surface area contributed by atoms with Crippen LogP contribution in [0.1, 0.15) is 18.4 Å². The number of halogens is 1. The molecule has 1 saturated carbocycles. The second-order valence-corrected chi connectivity index (χ2v) is 4.84. The third-order valence-corrected chi connectivity index (χ3v) is 3.74. The van der Waals surface area contributed by atoms with Crippen molar-refractivity contribution >= 4 is 15.9 Å².